The second-order valence-corrected chi connectivity index (χ2v) is 6.73. The summed E-state index contributed by atoms with van der Waals surface area (Å²) in [6.07, 6.45) is 2.03. The van der Waals surface area contributed by atoms with E-state index in [2.05, 4.69) is 60.3 Å². The fourth-order valence-electron chi connectivity index (χ4n) is 3.58. The fraction of sp³-hybridized carbons (Fsp3) is 0.500. The van der Waals surface area contributed by atoms with Gasteiger partial charge in [0.1, 0.15) is 5.84 Å². The van der Waals surface area contributed by atoms with Crippen molar-refractivity contribution in [3.05, 3.63) is 34.4 Å². The van der Waals surface area contributed by atoms with E-state index in [1.54, 1.807) is 5.01 Å². The van der Waals surface area contributed by atoms with Gasteiger partial charge >= 0.3 is 0 Å². The number of unbranched alkanes of at least 4 members (excludes halogenated alkanes) is 1. The van der Waals surface area contributed by atoms with E-state index < -0.39 is 5.66 Å². The summed E-state index contributed by atoms with van der Waals surface area (Å²) in [5.74, 6) is 7.50. The van der Waals surface area contributed by atoms with Crippen LogP contribution in [-0.2, 0) is 5.66 Å². The number of rotatable bonds is 4. The molecule has 0 saturated heterocycles. The maximum Gasteiger partial charge on any atom is 0.247 e. The quantitative estimate of drug-likeness (QED) is 0.673. The van der Waals surface area contributed by atoms with E-state index in [9.17, 15) is 0 Å². The highest BCUT2D eigenvalue weighted by atomic mass is 15.5. The van der Waals surface area contributed by atoms with Crippen LogP contribution in [0, 0.1) is 20.8 Å². The summed E-state index contributed by atoms with van der Waals surface area (Å²) in [5.41, 5.74) is 4.06. The molecule has 2 aliphatic rings. The van der Waals surface area contributed by atoms with Crippen molar-refractivity contribution in [2.45, 2.75) is 53.1 Å². The van der Waals surface area contributed by atoms with E-state index in [1.807, 2.05) is 6.92 Å². The maximum absolute atomic E-state index is 6.27. The number of benzene rings is 1. The molecule has 132 valence electrons. The lowest BCUT2D eigenvalue weighted by Gasteiger charge is -2.32. The molecule has 2 aliphatic heterocycles. The summed E-state index contributed by atoms with van der Waals surface area (Å²) in [7, 11) is 0. The molecule has 7 nitrogen and oxygen atoms in total. The molecule has 1 atom stereocenters. The zero-order valence-electron chi connectivity index (χ0n) is 15.5. The number of aryl methyl sites for hydroxylation is 3. The van der Waals surface area contributed by atoms with Crippen LogP contribution in [0.25, 0.3) is 0 Å². The van der Waals surface area contributed by atoms with Gasteiger partial charge in [-0.25, -0.2) is 15.8 Å². The Balaban J connectivity index is 2.13. The third kappa shape index (κ3) is 2.89. The highest BCUT2D eigenvalue weighted by molar-refractivity contribution is 6.47. The summed E-state index contributed by atoms with van der Waals surface area (Å²) in [4.78, 5) is 9.31. The molecular weight excluding hydrogens is 314 g/mol. The lowest BCUT2D eigenvalue weighted by molar-refractivity contribution is 0.428. The highest BCUT2D eigenvalue weighted by Gasteiger charge is 2.49. The van der Waals surface area contributed by atoms with Gasteiger partial charge in [-0.2, -0.15) is 0 Å². The van der Waals surface area contributed by atoms with Crippen molar-refractivity contribution in [2.75, 3.05) is 6.54 Å². The molecule has 1 aromatic carbocycles. The summed E-state index contributed by atoms with van der Waals surface area (Å²) >= 11 is 0. The molecular formula is C18H25N7. The predicted molar refractivity (Wildman–Crippen MR) is 101 cm³/mol. The van der Waals surface area contributed by atoms with Gasteiger partial charge in [0.2, 0.25) is 5.66 Å². The van der Waals surface area contributed by atoms with Crippen LogP contribution in [0.5, 0.6) is 0 Å². The molecule has 2 N–H and O–H groups in total. The van der Waals surface area contributed by atoms with Crippen molar-refractivity contribution in [3.63, 3.8) is 0 Å². The van der Waals surface area contributed by atoms with Crippen molar-refractivity contribution in [1.29, 1.82) is 0 Å². The van der Waals surface area contributed by atoms with Gasteiger partial charge in [0.15, 0.2) is 11.5 Å². The van der Waals surface area contributed by atoms with E-state index in [0.717, 1.165) is 29.5 Å². The van der Waals surface area contributed by atoms with Crippen LogP contribution in [-0.4, -0.2) is 28.9 Å². The monoisotopic (exact) mass is 339 g/mol. The third-order valence-corrected chi connectivity index (χ3v) is 4.52. The van der Waals surface area contributed by atoms with E-state index >= 15 is 0 Å². The van der Waals surface area contributed by atoms with Crippen molar-refractivity contribution >= 4 is 17.4 Å². The first-order chi connectivity index (χ1) is 11.9. The highest BCUT2D eigenvalue weighted by Crippen LogP contribution is 2.40. The number of nitrogens with two attached hydrogens (primary N) is 1. The first-order valence-electron chi connectivity index (χ1n) is 8.65. The largest absolute Gasteiger partial charge is 0.293 e. The fourth-order valence-corrected chi connectivity index (χ4v) is 3.58. The molecule has 0 fully saturated rings. The van der Waals surface area contributed by atoms with Gasteiger partial charge in [0.05, 0.1) is 0 Å². The van der Waals surface area contributed by atoms with Gasteiger partial charge in [0.25, 0.3) is 0 Å². The van der Waals surface area contributed by atoms with E-state index in [0.29, 0.717) is 23.9 Å². The Kier molecular flexibility index (Phi) is 4.51. The Labute approximate surface area is 148 Å². The Hall–Kier alpha value is -2.41. The molecule has 0 aromatic heterocycles. The second kappa shape index (κ2) is 6.48. The minimum Gasteiger partial charge on any atom is -0.293 e. The first kappa shape index (κ1) is 17.4. The van der Waals surface area contributed by atoms with Gasteiger partial charge < -0.3 is 0 Å². The Morgan fingerprint density at radius 2 is 1.80 bits per heavy atom. The van der Waals surface area contributed by atoms with Crippen LogP contribution in [0.4, 0.5) is 0 Å². The van der Waals surface area contributed by atoms with Gasteiger partial charge in [-0.1, -0.05) is 31.0 Å². The Morgan fingerprint density at radius 3 is 2.44 bits per heavy atom. The average Bonchev–Trinajstić information content (AvgIpc) is 2.94. The van der Waals surface area contributed by atoms with Crippen molar-refractivity contribution < 1.29 is 0 Å². The number of amidine groups is 2. The van der Waals surface area contributed by atoms with E-state index in [-0.39, 0.29) is 0 Å². The van der Waals surface area contributed by atoms with Crippen molar-refractivity contribution in [3.8, 4) is 0 Å². The normalized spacial score (nSPS) is 21.6. The SMILES string of the molecule is CCCCN(N)C1=NC(C)=NC2(c3c(C)cc(C)cc3C)N=NN=C12. The van der Waals surface area contributed by atoms with Crippen LogP contribution in [0.15, 0.2) is 37.6 Å². The predicted octanol–water partition coefficient (Wildman–Crippen LogP) is 3.39. The maximum atomic E-state index is 6.27. The molecule has 0 saturated carbocycles. The molecule has 0 spiro atoms. The van der Waals surface area contributed by atoms with Crippen molar-refractivity contribution in [2.24, 2.45) is 31.3 Å². The van der Waals surface area contributed by atoms with Crippen LogP contribution < -0.4 is 5.84 Å². The molecule has 1 unspecified atom stereocenters. The van der Waals surface area contributed by atoms with E-state index in [1.165, 1.54) is 5.56 Å². The Bertz CT molecular complexity index is 796. The molecule has 25 heavy (non-hydrogen) atoms. The van der Waals surface area contributed by atoms with Crippen LogP contribution in [0.2, 0.25) is 0 Å². The van der Waals surface area contributed by atoms with Crippen LogP contribution in [0.3, 0.4) is 0 Å². The zero-order chi connectivity index (χ0) is 18.2. The molecule has 2 heterocycles. The number of hydrogen-bond donors (Lipinski definition) is 1. The zero-order valence-corrected chi connectivity index (χ0v) is 15.5. The summed E-state index contributed by atoms with van der Waals surface area (Å²) in [6.45, 7) is 10.9. The molecule has 3 rings (SSSR count). The van der Waals surface area contributed by atoms with Crippen molar-refractivity contribution in [1.82, 2.24) is 5.01 Å². The van der Waals surface area contributed by atoms with Crippen LogP contribution >= 0.6 is 0 Å². The molecule has 0 amide bonds. The first-order valence-corrected chi connectivity index (χ1v) is 8.65. The molecule has 7 heteroatoms. The summed E-state index contributed by atoms with van der Waals surface area (Å²) in [6, 6.07) is 4.27. The molecule has 1 aromatic rings. The number of fused-ring (bicyclic) bond motifs is 1. The molecule has 0 radical (unpaired) electrons. The van der Waals surface area contributed by atoms with Gasteiger partial charge in [0, 0.05) is 12.1 Å². The Morgan fingerprint density at radius 1 is 1.12 bits per heavy atom. The number of hydrazine groups is 1. The number of nitrogens with zero attached hydrogens (tertiary/aromatic N) is 6. The standard InChI is InChI=1S/C18H25N7/c1-6-7-8-25(19)17-16-18(23-24-22-16,21-14(5)20-17)15-12(3)9-11(2)10-13(15)4/h9-10H,6-8,19H2,1-5H3. The van der Waals surface area contributed by atoms with Crippen LogP contribution in [0.1, 0.15) is 48.9 Å². The van der Waals surface area contributed by atoms with Gasteiger partial charge in [-0.15, -0.1) is 10.2 Å². The number of aliphatic imine (C=N–C) groups is 2. The average molecular weight is 339 g/mol. The second-order valence-electron chi connectivity index (χ2n) is 6.73. The summed E-state index contributed by atoms with van der Waals surface area (Å²) in [5, 5.41) is 14.3. The minimum absolute atomic E-state index is 0.602. The third-order valence-electron chi connectivity index (χ3n) is 4.52. The van der Waals surface area contributed by atoms with E-state index in [4.69, 9.17) is 10.8 Å². The molecule has 0 bridgehead atoms. The number of hydrogen-bond acceptors (Lipinski definition) is 7. The van der Waals surface area contributed by atoms with Gasteiger partial charge in [-0.3, -0.25) is 5.01 Å². The smallest absolute Gasteiger partial charge is 0.247 e. The molecule has 0 aliphatic carbocycles. The summed E-state index contributed by atoms with van der Waals surface area (Å²) < 4.78 is 0. The lowest BCUT2D eigenvalue weighted by Crippen LogP contribution is -2.51. The minimum atomic E-state index is -0.979. The topological polar surface area (TPSA) is 91.1 Å². The lowest BCUT2D eigenvalue weighted by atomic mass is 9.85. The van der Waals surface area contributed by atoms with Gasteiger partial charge in [-0.05, 0) is 50.5 Å².